The normalized spacial score (nSPS) is 17.0. The molecule has 1 atom stereocenters. The number of carbonyl (C=O) groups is 1. The molecule has 5 nitrogen and oxygen atoms in total. The molecule has 2 aromatic heterocycles. The average molecular weight is 390 g/mol. The first-order valence-electron chi connectivity index (χ1n) is 8.88. The third kappa shape index (κ3) is 3.35. The van der Waals surface area contributed by atoms with Crippen LogP contribution in [0.1, 0.15) is 35.0 Å². The van der Waals surface area contributed by atoms with Gasteiger partial charge in [0.05, 0.1) is 22.0 Å². The van der Waals surface area contributed by atoms with E-state index in [9.17, 15) is 13.6 Å². The molecular weight excluding hydrogens is 370 g/mol. The van der Waals surface area contributed by atoms with E-state index < -0.39 is 6.55 Å². The van der Waals surface area contributed by atoms with Gasteiger partial charge in [0.2, 0.25) is 0 Å². The molecule has 1 saturated heterocycles. The van der Waals surface area contributed by atoms with Crippen molar-refractivity contribution in [2.45, 2.75) is 19.5 Å². The van der Waals surface area contributed by atoms with Gasteiger partial charge in [0.15, 0.2) is 0 Å². The molecule has 3 aromatic rings. The monoisotopic (exact) mass is 390 g/mol. The minimum atomic E-state index is -2.64. The van der Waals surface area contributed by atoms with Gasteiger partial charge in [-0.05, 0) is 30.5 Å². The lowest BCUT2D eigenvalue weighted by Crippen LogP contribution is -2.49. The van der Waals surface area contributed by atoms with Crippen molar-refractivity contribution in [1.29, 1.82) is 0 Å². The summed E-state index contributed by atoms with van der Waals surface area (Å²) in [6, 6.07) is 10.4. The number of rotatable bonds is 4. The van der Waals surface area contributed by atoms with E-state index in [1.807, 2.05) is 29.3 Å². The van der Waals surface area contributed by atoms with Crippen LogP contribution < -0.4 is 0 Å². The number of piperazine rings is 1. The number of hydrogen-bond donors (Lipinski definition) is 0. The quantitative estimate of drug-likeness (QED) is 0.676. The third-order valence-corrected chi connectivity index (χ3v) is 5.93. The maximum absolute atomic E-state index is 13.7. The van der Waals surface area contributed by atoms with E-state index in [1.165, 1.54) is 11.3 Å². The Bertz CT molecular complexity index is 932. The van der Waals surface area contributed by atoms with Crippen LogP contribution in [0.2, 0.25) is 0 Å². The molecule has 4 rings (SSSR count). The Morgan fingerprint density at radius 1 is 1.11 bits per heavy atom. The molecule has 0 bridgehead atoms. The highest BCUT2D eigenvalue weighted by Gasteiger charge is 2.29. The lowest BCUT2D eigenvalue weighted by atomic mass is 10.2. The smallest absolute Gasteiger partial charge is 0.320 e. The summed E-state index contributed by atoms with van der Waals surface area (Å²) in [5.74, 6) is 0.404. The summed E-state index contributed by atoms with van der Waals surface area (Å²) in [4.78, 5) is 21.6. The van der Waals surface area contributed by atoms with E-state index >= 15 is 0 Å². The third-order valence-electron chi connectivity index (χ3n) is 5.07. The number of thiophene rings is 1. The molecule has 3 heterocycles. The highest BCUT2D eigenvalue weighted by molar-refractivity contribution is 7.12. The Morgan fingerprint density at radius 2 is 1.85 bits per heavy atom. The molecule has 0 unspecified atom stereocenters. The average Bonchev–Trinajstić information content (AvgIpc) is 3.34. The van der Waals surface area contributed by atoms with Gasteiger partial charge in [0.1, 0.15) is 5.82 Å². The summed E-state index contributed by atoms with van der Waals surface area (Å²) >= 11 is 1.43. The fourth-order valence-electron chi connectivity index (χ4n) is 3.59. The molecule has 0 saturated carbocycles. The van der Waals surface area contributed by atoms with Crippen LogP contribution in [-0.4, -0.2) is 51.4 Å². The molecule has 1 aliphatic heterocycles. The van der Waals surface area contributed by atoms with Crippen molar-refractivity contribution in [1.82, 2.24) is 19.4 Å². The van der Waals surface area contributed by atoms with Crippen molar-refractivity contribution in [3.8, 4) is 0 Å². The summed E-state index contributed by atoms with van der Waals surface area (Å²) in [6.07, 6.45) is 0. The molecule has 8 heteroatoms. The van der Waals surface area contributed by atoms with Crippen molar-refractivity contribution in [3.63, 3.8) is 0 Å². The van der Waals surface area contributed by atoms with Crippen LogP contribution in [0.5, 0.6) is 0 Å². The van der Waals surface area contributed by atoms with Crippen LogP contribution in [0.25, 0.3) is 11.0 Å². The number of fused-ring (bicyclic) bond motifs is 1. The van der Waals surface area contributed by atoms with E-state index in [0.29, 0.717) is 43.0 Å². The molecule has 27 heavy (non-hydrogen) atoms. The summed E-state index contributed by atoms with van der Waals surface area (Å²) in [5, 5.41) is 1.89. The fraction of sp³-hybridized carbons (Fsp3) is 0.368. The molecule has 0 N–H and O–H groups in total. The van der Waals surface area contributed by atoms with Crippen molar-refractivity contribution >= 4 is 28.3 Å². The van der Waals surface area contributed by atoms with Crippen LogP contribution in [0.15, 0.2) is 41.8 Å². The van der Waals surface area contributed by atoms with Crippen molar-refractivity contribution in [2.75, 3.05) is 26.2 Å². The molecule has 0 aliphatic carbocycles. The maximum Gasteiger partial charge on any atom is 0.320 e. The predicted molar refractivity (Wildman–Crippen MR) is 101 cm³/mol. The van der Waals surface area contributed by atoms with Crippen LogP contribution in [-0.2, 0) is 0 Å². The molecule has 1 fully saturated rings. The zero-order valence-corrected chi connectivity index (χ0v) is 15.7. The first-order chi connectivity index (χ1) is 13.1. The molecule has 1 amide bonds. The van der Waals surface area contributed by atoms with Gasteiger partial charge in [-0.15, -0.1) is 11.3 Å². The molecule has 0 spiro atoms. The fourth-order valence-corrected chi connectivity index (χ4v) is 4.29. The Labute approximate surface area is 159 Å². The standard InChI is InChI=1S/C19H20F2N4OS/c1-13(17-22-14-5-2-3-6-15(14)25(17)19(20)21)23-8-10-24(11-9-23)18(26)16-7-4-12-27-16/h2-7,12-13,19H,8-11H2,1H3/t13-/m1/s1. The van der Waals surface area contributed by atoms with Gasteiger partial charge >= 0.3 is 6.55 Å². The first-order valence-corrected chi connectivity index (χ1v) is 9.76. The maximum atomic E-state index is 13.7. The zero-order chi connectivity index (χ0) is 19.0. The second-order valence-corrected chi connectivity index (χ2v) is 7.54. The number of alkyl halides is 2. The van der Waals surface area contributed by atoms with E-state index in [1.54, 1.807) is 24.3 Å². The van der Waals surface area contributed by atoms with Crippen molar-refractivity contribution in [2.24, 2.45) is 0 Å². The van der Waals surface area contributed by atoms with E-state index in [2.05, 4.69) is 9.88 Å². The molecule has 1 aliphatic rings. The number of amides is 1. The number of benzene rings is 1. The Balaban J connectivity index is 1.51. The minimum absolute atomic E-state index is 0.0390. The molecule has 142 valence electrons. The topological polar surface area (TPSA) is 41.4 Å². The number of para-hydroxylation sites is 2. The molecule has 0 radical (unpaired) electrons. The van der Waals surface area contributed by atoms with Crippen LogP contribution in [0, 0.1) is 0 Å². The van der Waals surface area contributed by atoms with Crippen LogP contribution in [0.4, 0.5) is 8.78 Å². The summed E-state index contributed by atoms with van der Waals surface area (Å²) in [6.45, 7) is 1.68. The lowest BCUT2D eigenvalue weighted by Gasteiger charge is -2.37. The zero-order valence-electron chi connectivity index (χ0n) is 14.9. The number of hydrogen-bond acceptors (Lipinski definition) is 4. The van der Waals surface area contributed by atoms with Gasteiger partial charge in [-0.25, -0.2) is 4.98 Å². The Morgan fingerprint density at radius 3 is 2.52 bits per heavy atom. The Hall–Kier alpha value is -2.32. The van der Waals surface area contributed by atoms with Gasteiger partial charge in [-0.2, -0.15) is 8.78 Å². The van der Waals surface area contributed by atoms with Gasteiger partial charge in [-0.1, -0.05) is 18.2 Å². The van der Waals surface area contributed by atoms with Gasteiger partial charge in [0.25, 0.3) is 5.91 Å². The van der Waals surface area contributed by atoms with Gasteiger partial charge in [-0.3, -0.25) is 14.3 Å². The largest absolute Gasteiger partial charge is 0.335 e. The highest BCUT2D eigenvalue weighted by Crippen LogP contribution is 2.30. The van der Waals surface area contributed by atoms with E-state index in [-0.39, 0.29) is 11.9 Å². The van der Waals surface area contributed by atoms with Gasteiger partial charge < -0.3 is 4.90 Å². The number of aromatic nitrogens is 2. The molecule has 1 aromatic carbocycles. The number of imidazole rings is 1. The molecular formula is C19H20F2N4OS. The predicted octanol–water partition coefficient (Wildman–Crippen LogP) is 4.01. The van der Waals surface area contributed by atoms with Gasteiger partial charge in [0, 0.05) is 26.2 Å². The highest BCUT2D eigenvalue weighted by atomic mass is 32.1. The summed E-state index contributed by atoms with van der Waals surface area (Å²) in [5.41, 5.74) is 1.02. The summed E-state index contributed by atoms with van der Waals surface area (Å²) < 4.78 is 28.4. The number of halogens is 2. The lowest BCUT2D eigenvalue weighted by molar-refractivity contribution is 0.0497. The SMILES string of the molecule is C[C@H](c1nc2ccccc2n1C(F)F)N1CCN(C(=O)c2cccs2)CC1. The summed E-state index contributed by atoms with van der Waals surface area (Å²) in [7, 11) is 0. The van der Waals surface area contributed by atoms with E-state index in [4.69, 9.17) is 0 Å². The Kier molecular flexibility index (Phi) is 4.92. The van der Waals surface area contributed by atoms with Crippen LogP contribution >= 0.6 is 11.3 Å². The van der Waals surface area contributed by atoms with E-state index in [0.717, 1.165) is 9.44 Å². The number of carbonyl (C=O) groups excluding carboxylic acids is 1. The second kappa shape index (κ2) is 7.36. The first kappa shape index (κ1) is 18.1. The minimum Gasteiger partial charge on any atom is -0.335 e. The van der Waals surface area contributed by atoms with Crippen LogP contribution in [0.3, 0.4) is 0 Å². The number of nitrogens with zero attached hydrogens (tertiary/aromatic N) is 4. The second-order valence-electron chi connectivity index (χ2n) is 6.59. The van der Waals surface area contributed by atoms with Crippen molar-refractivity contribution < 1.29 is 13.6 Å². The van der Waals surface area contributed by atoms with Crippen molar-refractivity contribution in [3.05, 3.63) is 52.5 Å².